The van der Waals surface area contributed by atoms with E-state index in [0.29, 0.717) is 75.5 Å². The summed E-state index contributed by atoms with van der Waals surface area (Å²) in [6.07, 6.45) is 9.05. The molecular weight excluding hydrogens is 943 g/mol. The van der Waals surface area contributed by atoms with Gasteiger partial charge in [-0.05, 0) is 107 Å². The van der Waals surface area contributed by atoms with Crippen LogP contribution < -0.4 is 24.3 Å². The van der Waals surface area contributed by atoms with E-state index in [2.05, 4.69) is 58.7 Å². The fraction of sp³-hybridized carbons (Fsp3) is 0.194. The number of hydrogen-bond acceptors (Lipinski definition) is 7. The molecule has 0 heterocycles. The van der Waals surface area contributed by atoms with Crippen LogP contribution in [0, 0.1) is 0 Å². The SMILES string of the molecule is O=C(/C=C/c1ccc(OCc2ccccc2)c(OCc2ccccc2)c1)NCCCN(CCCCN(Cc1ccccc1)Cc1ccccc1)C(=O)/C=C/c1ccc(OCc2ccccc2)c(OCc2ccccc2)c1. The van der Waals surface area contributed by atoms with Gasteiger partial charge in [-0.2, -0.15) is 0 Å². The molecule has 76 heavy (non-hydrogen) atoms. The molecule has 0 saturated heterocycles. The van der Waals surface area contributed by atoms with Crippen molar-refractivity contribution in [3.8, 4) is 23.0 Å². The van der Waals surface area contributed by atoms with Gasteiger partial charge in [0, 0.05) is 44.9 Å². The molecule has 9 nitrogen and oxygen atoms in total. The average molecular weight is 1010 g/mol. The molecule has 0 bridgehead atoms. The summed E-state index contributed by atoms with van der Waals surface area (Å²) in [5.74, 6) is 2.08. The van der Waals surface area contributed by atoms with Crippen molar-refractivity contribution in [3.63, 3.8) is 0 Å². The highest BCUT2D eigenvalue weighted by Gasteiger charge is 2.15. The summed E-state index contributed by atoms with van der Waals surface area (Å²) in [4.78, 5) is 31.8. The number of rotatable bonds is 29. The number of ether oxygens (including phenoxy) is 4. The second-order valence-electron chi connectivity index (χ2n) is 18.5. The molecule has 0 radical (unpaired) electrons. The minimum atomic E-state index is -0.229. The van der Waals surface area contributed by atoms with Gasteiger partial charge in [0.25, 0.3) is 0 Å². The summed E-state index contributed by atoms with van der Waals surface area (Å²) >= 11 is 0. The van der Waals surface area contributed by atoms with Crippen LogP contribution in [0.3, 0.4) is 0 Å². The zero-order valence-electron chi connectivity index (χ0n) is 43.1. The Kier molecular flexibility index (Phi) is 21.1. The Morgan fingerprint density at radius 2 is 0.737 bits per heavy atom. The van der Waals surface area contributed by atoms with Crippen LogP contribution in [0.15, 0.2) is 231 Å². The number of nitrogens with zero attached hydrogens (tertiary/aromatic N) is 2. The molecule has 9 heteroatoms. The third-order valence-electron chi connectivity index (χ3n) is 12.6. The number of carbonyl (C=O) groups excluding carboxylic acids is 2. The molecule has 0 aliphatic rings. The molecule has 0 fully saturated rings. The Labute approximate surface area is 448 Å². The van der Waals surface area contributed by atoms with Crippen molar-refractivity contribution in [2.75, 3.05) is 26.2 Å². The lowest BCUT2D eigenvalue weighted by Gasteiger charge is -2.25. The second-order valence-corrected chi connectivity index (χ2v) is 18.5. The van der Waals surface area contributed by atoms with Crippen molar-refractivity contribution in [3.05, 3.63) is 275 Å². The first-order valence-corrected chi connectivity index (χ1v) is 26.2. The maximum atomic E-state index is 14.2. The quantitative estimate of drug-likeness (QED) is 0.0369. The summed E-state index contributed by atoms with van der Waals surface area (Å²) in [6.45, 7) is 5.49. The zero-order chi connectivity index (χ0) is 52.2. The molecule has 0 aliphatic heterocycles. The average Bonchev–Trinajstić information content (AvgIpc) is 3.47. The summed E-state index contributed by atoms with van der Waals surface area (Å²) in [7, 11) is 0. The predicted molar refractivity (Wildman–Crippen MR) is 304 cm³/mol. The molecule has 8 rings (SSSR count). The van der Waals surface area contributed by atoms with Crippen LogP contribution in [-0.2, 0) is 49.1 Å². The number of nitrogens with one attached hydrogen (secondary N) is 1. The van der Waals surface area contributed by atoms with Crippen LogP contribution in [0.5, 0.6) is 23.0 Å². The predicted octanol–water partition coefficient (Wildman–Crippen LogP) is 13.5. The molecule has 0 spiro atoms. The smallest absolute Gasteiger partial charge is 0.246 e. The van der Waals surface area contributed by atoms with Gasteiger partial charge in [-0.1, -0.05) is 194 Å². The Bertz CT molecular complexity index is 2990. The summed E-state index contributed by atoms with van der Waals surface area (Å²) in [6, 6.07) is 72.5. The van der Waals surface area contributed by atoms with E-state index in [9.17, 15) is 9.59 Å². The first kappa shape index (κ1) is 53.6. The Morgan fingerprint density at radius 1 is 0.382 bits per heavy atom. The van der Waals surface area contributed by atoms with E-state index in [1.54, 1.807) is 12.2 Å². The fourth-order valence-electron chi connectivity index (χ4n) is 8.51. The van der Waals surface area contributed by atoms with Gasteiger partial charge in [-0.25, -0.2) is 0 Å². The Morgan fingerprint density at radius 3 is 1.16 bits per heavy atom. The van der Waals surface area contributed by atoms with E-state index in [0.717, 1.165) is 65.9 Å². The Hall–Kier alpha value is -8.66. The van der Waals surface area contributed by atoms with E-state index < -0.39 is 0 Å². The van der Waals surface area contributed by atoms with Crippen molar-refractivity contribution in [1.82, 2.24) is 15.1 Å². The lowest BCUT2D eigenvalue weighted by molar-refractivity contribution is -0.126. The van der Waals surface area contributed by atoms with Gasteiger partial charge in [0.05, 0.1) is 0 Å². The van der Waals surface area contributed by atoms with Gasteiger partial charge in [0.1, 0.15) is 26.4 Å². The van der Waals surface area contributed by atoms with Crippen LogP contribution >= 0.6 is 0 Å². The highest BCUT2D eigenvalue weighted by molar-refractivity contribution is 5.92. The lowest BCUT2D eigenvalue weighted by Crippen LogP contribution is -2.34. The summed E-state index contributed by atoms with van der Waals surface area (Å²) in [5.41, 5.74) is 8.30. The Balaban J connectivity index is 0.911. The van der Waals surface area contributed by atoms with E-state index in [4.69, 9.17) is 18.9 Å². The number of amides is 2. The molecular formula is C67H67N3O6. The summed E-state index contributed by atoms with van der Waals surface area (Å²) < 4.78 is 25.1. The molecule has 0 atom stereocenters. The zero-order valence-corrected chi connectivity index (χ0v) is 43.1. The van der Waals surface area contributed by atoms with Gasteiger partial charge >= 0.3 is 0 Å². The van der Waals surface area contributed by atoms with Crippen LogP contribution in [0.2, 0.25) is 0 Å². The van der Waals surface area contributed by atoms with Crippen molar-refractivity contribution in [2.24, 2.45) is 0 Å². The van der Waals surface area contributed by atoms with Crippen LogP contribution in [0.4, 0.5) is 0 Å². The van der Waals surface area contributed by atoms with Crippen LogP contribution in [-0.4, -0.2) is 47.8 Å². The van der Waals surface area contributed by atoms with Crippen molar-refractivity contribution >= 4 is 24.0 Å². The molecule has 8 aromatic carbocycles. The largest absolute Gasteiger partial charge is 0.485 e. The number of benzene rings is 8. The number of unbranched alkanes of at least 4 members (excludes halogenated alkanes) is 1. The van der Waals surface area contributed by atoms with E-state index in [-0.39, 0.29) is 11.8 Å². The van der Waals surface area contributed by atoms with Crippen molar-refractivity contribution < 1.29 is 28.5 Å². The topological polar surface area (TPSA) is 89.6 Å². The third kappa shape index (κ3) is 18.4. The van der Waals surface area contributed by atoms with Gasteiger partial charge in [0.2, 0.25) is 11.8 Å². The van der Waals surface area contributed by atoms with Crippen LogP contribution in [0.1, 0.15) is 63.8 Å². The second kappa shape index (κ2) is 29.9. The van der Waals surface area contributed by atoms with Crippen molar-refractivity contribution in [1.29, 1.82) is 0 Å². The number of hydrogen-bond donors (Lipinski definition) is 1. The van der Waals surface area contributed by atoms with Gasteiger partial charge in [-0.15, -0.1) is 0 Å². The van der Waals surface area contributed by atoms with E-state index >= 15 is 0 Å². The lowest BCUT2D eigenvalue weighted by atomic mass is 10.1. The highest BCUT2D eigenvalue weighted by Crippen LogP contribution is 2.32. The van der Waals surface area contributed by atoms with Gasteiger partial charge in [-0.3, -0.25) is 14.5 Å². The molecule has 0 aliphatic carbocycles. The maximum absolute atomic E-state index is 14.2. The highest BCUT2D eigenvalue weighted by atomic mass is 16.5. The minimum Gasteiger partial charge on any atom is -0.485 e. The van der Waals surface area contributed by atoms with E-state index in [1.807, 2.05) is 181 Å². The normalized spacial score (nSPS) is 11.2. The molecule has 0 unspecified atom stereocenters. The molecule has 2 amide bonds. The maximum Gasteiger partial charge on any atom is 0.246 e. The first-order chi connectivity index (χ1) is 37.5. The molecule has 1 N–H and O–H groups in total. The van der Waals surface area contributed by atoms with Crippen molar-refractivity contribution in [2.45, 2.75) is 58.8 Å². The molecule has 8 aromatic rings. The number of carbonyl (C=O) groups is 2. The van der Waals surface area contributed by atoms with Gasteiger partial charge in [0.15, 0.2) is 23.0 Å². The fourth-order valence-corrected chi connectivity index (χ4v) is 8.51. The van der Waals surface area contributed by atoms with Crippen LogP contribution in [0.25, 0.3) is 12.2 Å². The molecule has 0 saturated carbocycles. The first-order valence-electron chi connectivity index (χ1n) is 26.2. The molecule has 0 aromatic heterocycles. The van der Waals surface area contributed by atoms with Gasteiger partial charge < -0.3 is 29.2 Å². The third-order valence-corrected chi connectivity index (χ3v) is 12.6. The summed E-state index contributed by atoms with van der Waals surface area (Å²) in [5, 5.41) is 3.03. The van der Waals surface area contributed by atoms with E-state index in [1.165, 1.54) is 17.2 Å². The minimum absolute atomic E-state index is 0.103. The molecule has 386 valence electrons. The monoisotopic (exact) mass is 1010 g/mol. The standard InChI is InChI=1S/C67H67N3O6/c71-66(40-36-54-34-38-62(73-50-58-26-11-3-12-27-58)64(46-54)75-52-60-30-15-5-16-31-60)68-42-21-45-70(44-20-19-43-69(48-56-22-7-1-8-23-56)49-57-24-9-2-10-25-57)67(72)41-37-55-35-39-63(74-51-59-28-13-4-14-29-59)65(47-55)76-53-61-32-17-6-18-33-61/h1-18,22-41,46-47H,19-21,42-45,48-53H2,(H,68,71)/b40-36+,41-37+.